The van der Waals surface area contributed by atoms with Crippen LogP contribution in [0.3, 0.4) is 0 Å². The number of halogens is 1. The number of carbonyl (C=O) groups excluding carboxylic acids is 1. The first-order valence-corrected chi connectivity index (χ1v) is 10.3. The first-order chi connectivity index (χ1) is 12.3. The molecule has 26 heavy (non-hydrogen) atoms. The minimum atomic E-state index is -0.471. The van der Waals surface area contributed by atoms with Gasteiger partial charge in [-0.05, 0) is 45.4 Å². The van der Waals surface area contributed by atoms with Crippen LogP contribution < -0.4 is 4.90 Å². The molecular weight excluding hydrogens is 370 g/mol. The molecule has 1 aromatic carbocycles. The highest BCUT2D eigenvalue weighted by atomic mass is 35.5. The molecule has 142 valence electrons. The molecule has 5 nitrogen and oxygen atoms in total. The van der Waals surface area contributed by atoms with Crippen molar-refractivity contribution in [2.24, 2.45) is 0 Å². The predicted octanol–water partition coefficient (Wildman–Crippen LogP) is 5.18. The van der Waals surface area contributed by atoms with Crippen LogP contribution in [0, 0.1) is 0 Å². The molecule has 7 heteroatoms. The zero-order valence-electron chi connectivity index (χ0n) is 15.8. The van der Waals surface area contributed by atoms with E-state index in [4.69, 9.17) is 21.3 Å². The van der Waals surface area contributed by atoms with Gasteiger partial charge in [0.1, 0.15) is 5.60 Å². The van der Waals surface area contributed by atoms with Gasteiger partial charge in [-0.25, -0.2) is 9.78 Å². The predicted molar refractivity (Wildman–Crippen MR) is 108 cm³/mol. The molecule has 1 aliphatic heterocycles. The number of aromatic nitrogens is 1. The number of thiazole rings is 1. The van der Waals surface area contributed by atoms with Crippen LogP contribution in [0.1, 0.15) is 40.5 Å². The van der Waals surface area contributed by atoms with Gasteiger partial charge in [0.15, 0.2) is 5.13 Å². The number of ether oxygens (including phenoxy) is 1. The molecule has 1 aliphatic rings. The average molecular weight is 396 g/mol. The Labute approximate surface area is 163 Å². The van der Waals surface area contributed by atoms with Gasteiger partial charge in [0.25, 0.3) is 0 Å². The van der Waals surface area contributed by atoms with Crippen LogP contribution in [0.2, 0.25) is 5.02 Å². The third-order valence-electron chi connectivity index (χ3n) is 4.34. The normalized spacial score (nSPS) is 18.4. The molecular formula is C19H26ClN3O2S. The van der Waals surface area contributed by atoms with E-state index in [0.29, 0.717) is 13.1 Å². The maximum atomic E-state index is 12.4. The molecule has 2 heterocycles. The van der Waals surface area contributed by atoms with Gasteiger partial charge in [-0.2, -0.15) is 0 Å². The van der Waals surface area contributed by atoms with Crippen molar-refractivity contribution in [3.63, 3.8) is 0 Å². The number of piperazine rings is 1. The van der Waals surface area contributed by atoms with Crippen molar-refractivity contribution in [3.05, 3.63) is 23.2 Å². The molecule has 0 aliphatic carbocycles. The Balaban J connectivity index is 1.78. The molecule has 0 unspecified atom stereocenters. The molecule has 1 amide bonds. The fraction of sp³-hybridized carbons (Fsp3) is 0.579. The third kappa shape index (κ3) is 4.41. The van der Waals surface area contributed by atoms with E-state index < -0.39 is 5.60 Å². The number of rotatable bonds is 3. The Bertz CT molecular complexity index is 787. The number of hydrogen-bond acceptors (Lipinski definition) is 5. The largest absolute Gasteiger partial charge is 0.444 e. The summed E-state index contributed by atoms with van der Waals surface area (Å²) in [4.78, 5) is 21.4. The lowest BCUT2D eigenvalue weighted by Gasteiger charge is -2.41. The molecule has 0 spiro atoms. The molecule has 1 saturated heterocycles. The minimum absolute atomic E-state index is 0.227. The van der Waals surface area contributed by atoms with Crippen LogP contribution in [0.25, 0.3) is 10.2 Å². The summed E-state index contributed by atoms with van der Waals surface area (Å²) in [7, 11) is 0. The Morgan fingerprint density at radius 2 is 2.15 bits per heavy atom. The number of amides is 1. The van der Waals surface area contributed by atoms with Gasteiger partial charge in [0.05, 0.1) is 10.2 Å². The zero-order valence-corrected chi connectivity index (χ0v) is 17.4. The van der Waals surface area contributed by atoms with Crippen LogP contribution in [0.5, 0.6) is 0 Å². The van der Waals surface area contributed by atoms with E-state index in [1.54, 1.807) is 11.3 Å². The monoisotopic (exact) mass is 395 g/mol. The third-order valence-corrected chi connectivity index (χ3v) is 5.63. The van der Waals surface area contributed by atoms with E-state index in [9.17, 15) is 4.79 Å². The molecule has 1 atom stereocenters. The number of fused-ring (bicyclic) bond motifs is 1. The highest BCUT2D eigenvalue weighted by Gasteiger charge is 2.32. The van der Waals surface area contributed by atoms with Gasteiger partial charge in [-0.1, -0.05) is 36.3 Å². The maximum absolute atomic E-state index is 12.4. The summed E-state index contributed by atoms with van der Waals surface area (Å²) in [5, 5.41) is 1.73. The van der Waals surface area contributed by atoms with E-state index in [0.717, 1.165) is 39.8 Å². The average Bonchev–Trinajstić information content (AvgIpc) is 2.96. The summed E-state index contributed by atoms with van der Waals surface area (Å²) >= 11 is 7.77. The number of nitrogens with zero attached hydrogens (tertiary/aromatic N) is 3. The smallest absolute Gasteiger partial charge is 0.410 e. The van der Waals surface area contributed by atoms with Crippen LogP contribution >= 0.6 is 22.9 Å². The van der Waals surface area contributed by atoms with Crippen LogP contribution in [0.4, 0.5) is 9.93 Å². The van der Waals surface area contributed by atoms with Crippen molar-refractivity contribution in [2.45, 2.75) is 52.2 Å². The molecule has 2 aromatic rings. The summed E-state index contributed by atoms with van der Waals surface area (Å²) in [6, 6.07) is 6.04. The first-order valence-electron chi connectivity index (χ1n) is 9.07. The maximum Gasteiger partial charge on any atom is 0.410 e. The summed E-state index contributed by atoms with van der Waals surface area (Å²) in [6.45, 7) is 9.94. The second kappa shape index (κ2) is 7.61. The first kappa shape index (κ1) is 19.2. The van der Waals surface area contributed by atoms with Crippen molar-refractivity contribution >= 4 is 44.4 Å². The summed E-state index contributed by atoms with van der Waals surface area (Å²) < 4.78 is 6.64. The molecule has 0 saturated carbocycles. The van der Waals surface area contributed by atoms with Gasteiger partial charge >= 0.3 is 6.09 Å². The number of benzene rings is 1. The van der Waals surface area contributed by atoms with Crippen molar-refractivity contribution in [2.75, 3.05) is 24.5 Å². The second-order valence-electron chi connectivity index (χ2n) is 7.67. The molecule has 3 rings (SSSR count). The van der Waals surface area contributed by atoms with Crippen LogP contribution in [-0.4, -0.2) is 47.3 Å². The van der Waals surface area contributed by atoms with Gasteiger partial charge < -0.3 is 14.5 Å². The Kier molecular flexibility index (Phi) is 5.63. The Morgan fingerprint density at radius 1 is 1.38 bits per heavy atom. The summed E-state index contributed by atoms with van der Waals surface area (Å²) in [6.07, 6.45) is 1.84. The lowest BCUT2D eigenvalue weighted by molar-refractivity contribution is 0.0212. The van der Waals surface area contributed by atoms with Gasteiger partial charge in [-0.3, -0.25) is 0 Å². The fourth-order valence-electron chi connectivity index (χ4n) is 3.19. The van der Waals surface area contributed by atoms with Crippen molar-refractivity contribution < 1.29 is 9.53 Å². The quantitative estimate of drug-likeness (QED) is 0.718. The van der Waals surface area contributed by atoms with Gasteiger partial charge in [0.2, 0.25) is 0 Å². The standard InChI is InChI=1S/C19H26ClN3O2S/c1-5-6-14-12-22(18(24)25-19(2,3)4)9-10-23(14)17-21-15-8-7-13(20)11-16(15)26-17/h7-8,11,14H,5-6,9-10,12H2,1-4H3/t14-/m1/s1. The number of anilines is 1. The van der Waals surface area contributed by atoms with E-state index in [2.05, 4.69) is 11.8 Å². The zero-order chi connectivity index (χ0) is 18.9. The second-order valence-corrected chi connectivity index (χ2v) is 9.12. The van der Waals surface area contributed by atoms with Gasteiger partial charge in [0, 0.05) is 30.7 Å². The minimum Gasteiger partial charge on any atom is -0.444 e. The van der Waals surface area contributed by atoms with Gasteiger partial charge in [-0.15, -0.1) is 0 Å². The fourth-order valence-corrected chi connectivity index (χ4v) is 4.53. The van der Waals surface area contributed by atoms with E-state index in [1.165, 1.54) is 0 Å². The Morgan fingerprint density at radius 3 is 2.85 bits per heavy atom. The summed E-state index contributed by atoms with van der Waals surface area (Å²) in [5.41, 5.74) is 0.500. The van der Waals surface area contributed by atoms with E-state index in [-0.39, 0.29) is 12.1 Å². The van der Waals surface area contributed by atoms with Crippen LogP contribution in [-0.2, 0) is 4.74 Å². The number of carbonyl (C=O) groups is 1. The van der Waals surface area contributed by atoms with Crippen molar-refractivity contribution in [1.29, 1.82) is 0 Å². The molecule has 1 fully saturated rings. The highest BCUT2D eigenvalue weighted by Crippen LogP contribution is 2.33. The highest BCUT2D eigenvalue weighted by molar-refractivity contribution is 7.22. The van der Waals surface area contributed by atoms with Crippen LogP contribution in [0.15, 0.2) is 18.2 Å². The van der Waals surface area contributed by atoms with Crippen molar-refractivity contribution in [3.8, 4) is 0 Å². The molecule has 1 aromatic heterocycles. The number of hydrogen-bond donors (Lipinski definition) is 0. The topological polar surface area (TPSA) is 45.7 Å². The lowest BCUT2D eigenvalue weighted by Crippen LogP contribution is -2.55. The van der Waals surface area contributed by atoms with Crippen molar-refractivity contribution in [1.82, 2.24) is 9.88 Å². The molecule has 0 radical (unpaired) electrons. The molecule has 0 bridgehead atoms. The molecule has 0 N–H and O–H groups in total. The van der Waals surface area contributed by atoms with E-state index >= 15 is 0 Å². The van der Waals surface area contributed by atoms with E-state index in [1.807, 2.05) is 43.9 Å². The summed E-state index contributed by atoms with van der Waals surface area (Å²) in [5.74, 6) is 0. The Hall–Kier alpha value is -1.53. The SMILES string of the molecule is CCC[C@@H]1CN(C(=O)OC(C)(C)C)CCN1c1nc2ccc(Cl)cc2s1. The lowest BCUT2D eigenvalue weighted by atomic mass is 10.1.